The Morgan fingerprint density at radius 1 is 1.10 bits per heavy atom. The molecule has 4 rings (SSSR count). The van der Waals surface area contributed by atoms with Gasteiger partial charge in [0.1, 0.15) is 17.1 Å². The van der Waals surface area contributed by atoms with Crippen LogP contribution in [0.5, 0.6) is 5.75 Å². The van der Waals surface area contributed by atoms with E-state index in [1.54, 1.807) is 18.3 Å². The van der Waals surface area contributed by atoms with Gasteiger partial charge in [-0.1, -0.05) is 45.2 Å². The third kappa shape index (κ3) is 4.41. The molecule has 0 spiro atoms. The molecule has 3 aromatic rings. The number of ether oxygens (including phenoxy) is 1. The SMILES string of the molecule is CC(C)COc1ccc(NC(=O)C2(c3ccc(F)cc3)CCCCC2)c2cccnc12. The number of carbonyl (C=O) groups is 1. The van der Waals surface area contributed by atoms with Gasteiger partial charge < -0.3 is 10.1 Å². The number of carbonyl (C=O) groups excluding carboxylic acids is 1. The normalized spacial score (nSPS) is 15.7. The molecule has 1 heterocycles. The molecule has 1 fully saturated rings. The Labute approximate surface area is 182 Å². The van der Waals surface area contributed by atoms with Gasteiger partial charge in [-0.2, -0.15) is 0 Å². The van der Waals surface area contributed by atoms with E-state index in [1.807, 2.05) is 24.3 Å². The molecule has 31 heavy (non-hydrogen) atoms. The Balaban J connectivity index is 1.68. The summed E-state index contributed by atoms with van der Waals surface area (Å²) in [6.07, 6.45) is 6.33. The molecule has 1 saturated carbocycles. The highest BCUT2D eigenvalue weighted by molar-refractivity contribution is 6.06. The van der Waals surface area contributed by atoms with Crippen LogP contribution in [-0.4, -0.2) is 17.5 Å². The first kappa shape index (κ1) is 21.3. The summed E-state index contributed by atoms with van der Waals surface area (Å²) in [5, 5.41) is 4.02. The zero-order valence-electron chi connectivity index (χ0n) is 18.2. The molecule has 0 radical (unpaired) electrons. The van der Waals surface area contributed by atoms with E-state index in [2.05, 4.69) is 24.1 Å². The maximum Gasteiger partial charge on any atom is 0.235 e. The second-order valence-electron chi connectivity index (χ2n) is 8.82. The van der Waals surface area contributed by atoms with Crippen LogP contribution in [0.25, 0.3) is 10.9 Å². The van der Waals surface area contributed by atoms with Crippen molar-refractivity contribution < 1.29 is 13.9 Å². The highest BCUT2D eigenvalue weighted by atomic mass is 19.1. The fourth-order valence-corrected chi connectivity index (χ4v) is 4.44. The third-order valence-corrected chi connectivity index (χ3v) is 6.09. The van der Waals surface area contributed by atoms with Crippen molar-refractivity contribution in [2.45, 2.75) is 51.4 Å². The largest absolute Gasteiger partial charge is 0.491 e. The van der Waals surface area contributed by atoms with Crippen LogP contribution in [0.15, 0.2) is 54.7 Å². The molecule has 2 aromatic carbocycles. The first-order chi connectivity index (χ1) is 15.0. The van der Waals surface area contributed by atoms with E-state index < -0.39 is 5.41 Å². The van der Waals surface area contributed by atoms with Gasteiger partial charge in [0.05, 0.1) is 17.7 Å². The van der Waals surface area contributed by atoms with Crippen molar-refractivity contribution in [2.75, 3.05) is 11.9 Å². The second kappa shape index (κ2) is 9.04. The maximum atomic E-state index is 13.7. The molecule has 5 heteroatoms. The first-order valence-electron chi connectivity index (χ1n) is 11.1. The van der Waals surface area contributed by atoms with Gasteiger partial charge in [0.15, 0.2) is 0 Å². The molecule has 0 aliphatic heterocycles. The van der Waals surface area contributed by atoms with Crippen LogP contribution in [0, 0.1) is 11.7 Å². The maximum absolute atomic E-state index is 13.7. The van der Waals surface area contributed by atoms with Crippen molar-refractivity contribution in [2.24, 2.45) is 5.92 Å². The van der Waals surface area contributed by atoms with Crippen LogP contribution in [0.3, 0.4) is 0 Å². The molecule has 1 N–H and O–H groups in total. The Morgan fingerprint density at radius 3 is 2.55 bits per heavy atom. The number of halogens is 1. The third-order valence-electron chi connectivity index (χ3n) is 6.09. The van der Waals surface area contributed by atoms with E-state index in [4.69, 9.17) is 4.74 Å². The monoisotopic (exact) mass is 420 g/mol. The molecule has 1 aliphatic rings. The van der Waals surface area contributed by atoms with Gasteiger partial charge in [-0.25, -0.2) is 4.39 Å². The predicted octanol–water partition coefficient (Wildman–Crippen LogP) is 6.25. The Bertz CT molecular complexity index is 1060. The molecule has 0 saturated heterocycles. The minimum Gasteiger partial charge on any atom is -0.491 e. The summed E-state index contributed by atoms with van der Waals surface area (Å²) in [5.41, 5.74) is 1.69. The molecule has 0 bridgehead atoms. The van der Waals surface area contributed by atoms with Crippen LogP contribution < -0.4 is 10.1 Å². The summed E-state index contributed by atoms with van der Waals surface area (Å²) in [7, 11) is 0. The lowest BCUT2D eigenvalue weighted by molar-refractivity contribution is -0.122. The number of rotatable bonds is 6. The lowest BCUT2D eigenvalue weighted by atomic mass is 9.68. The van der Waals surface area contributed by atoms with E-state index in [0.717, 1.165) is 54.3 Å². The summed E-state index contributed by atoms with van der Waals surface area (Å²) in [4.78, 5) is 18.2. The summed E-state index contributed by atoms with van der Waals surface area (Å²) in [6.45, 7) is 4.80. The number of amides is 1. The van der Waals surface area contributed by atoms with Gasteiger partial charge in [-0.15, -0.1) is 0 Å². The minimum atomic E-state index is -0.646. The van der Waals surface area contributed by atoms with Gasteiger partial charge in [0.2, 0.25) is 5.91 Å². The summed E-state index contributed by atoms with van der Waals surface area (Å²) in [6, 6.07) is 14.0. The van der Waals surface area contributed by atoms with Crippen LogP contribution in [0.2, 0.25) is 0 Å². The fraction of sp³-hybridized carbons (Fsp3) is 0.385. The second-order valence-corrected chi connectivity index (χ2v) is 8.82. The summed E-state index contributed by atoms with van der Waals surface area (Å²) >= 11 is 0. The Morgan fingerprint density at radius 2 is 1.84 bits per heavy atom. The fourth-order valence-electron chi connectivity index (χ4n) is 4.44. The van der Waals surface area contributed by atoms with E-state index in [9.17, 15) is 9.18 Å². The average molecular weight is 421 g/mol. The van der Waals surface area contributed by atoms with Crippen molar-refractivity contribution >= 4 is 22.5 Å². The van der Waals surface area contributed by atoms with Crippen LogP contribution >= 0.6 is 0 Å². The highest BCUT2D eigenvalue weighted by Crippen LogP contribution is 2.41. The Hall–Kier alpha value is -2.95. The van der Waals surface area contributed by atoms with Gasteiger partial charge in [-0.3, -0.25) is 9.78 Å². The topological polar surface area (TPSA) is 51.2 Å². The molecule has 1 aliphatic carbocycles. The quantitative estimate of drug-likeness (QED) is 0.513. The number of benzene rings is 2. The van der Waals surface area contributed by atoms with E-state index >= 15 is 0 Å². The number of hydrogen-bond acceptors (Lipinski definition) is 3. The van der Waals surface area contributed by atoms with Gasteiger partial charge in [0.25, 0.3) is 0 Å². The Kier molecular flexibility index (Phi) is 6.21. The lowest BCUT2D eigenvalue weighted by Crippen LogP contribution is -2.42. The van der Waals surface area contributed by atoms with Crippen LogP contribution in [-0.2, 0) is 10.2 Å². The lowest BCUT2D eigenvalue weighted by Gasteiger charge is -2.36. The van der Waals surface area contributed by atoms with Gasteiger partial charge in [-0.05, 0) is 60.7 Å². The zero-order valence-corrected chi connectivity index (χ0v) is 18.2. The smallest absolute Gasteiger partial charge is 0.235 e. The highest BCUT2D eigenvalue weighted by Gasteiger charge is 2.41. The number of hydrogen-bond donors (Lipinski definition) is 1. The van der Waals surface area contributed by atoms with Crippen molar-refractivity contribution in [1.82, 2.24) is 4.98 Å². The predicted molar refractivity (Wildman–Crippen MR) is 122 cm³/mol. The molecular formula is C26H29FN2O2. The summed E-state index contributed by atoms with van der Waals surface area (Å²) in [5.74, 6) is 0.789. The average Bonchev–Trinajstić information content (AvgIpc) is 2.79. The van der Waals surface area contributed by atoms with Gasteiger partial charge >= 0.3 is 0 Å². The minimum absolute atomic E-state index is 0.0418. The summed E-state index contributed by atoms with van der Waals surface area (Å²) < 4.78 is 19.5. The molecule has 4 nitrogen and oxygen atoms in total. The van der Waals surface area contributed by atoms with Crippen molar-refractivity contribution in [1.29, 1.82) is 0 Å². The van der Waals surface area contributed by atoms with E-state index in [1.165, 1.54) is 12.1 Å². The molecule has 0 unspecified atom stereocenters. The van der Waals surface area contributed by atoms with E-state index in [0.29, 0.717) is 18.3 Å². The molecule has 1 amide bonds. The number of nitrogens with one attached hydrogen (secondary N) is 1. The molecule has 0 atom stereocenters. The van der Waals surface area contributed by atoms with E-state index in [-0.39, 0.29) is 11.7 Å². The van der Waals surface area contributed by atoms with Crippen LogP contribution in [0.1, 0.15) is 51.5 Å². The first-order valence-corrected chi connectivity index (χ1v) is 11.1. The molecule has 162 valence electrons. The van der Waals surface area contributed by atoms with Crippen molar-refractivity contribution in [3.8, 4) is 5.75 Å². The number of aromatic nitrogens is 1. The van der Waals surface area contributed by atoms with Crippen molar-refractivity contribution in [3.63, 3.8) is 0 Å². The number of fused-ring (bicyclic) bond motifs is 1. The van der Waals surface area contributed by atoms with Gasteiger partial charge in [0, 0.05) is 11.6 Å². The van der Waals surface area contributed by atoms with Crippen LogP contribution in [0.4, 0.5) is 10.1 Å². The number of anilines is 1. The standard InChI is InChI=1S/C26H29FN2O2/c1-18(2)17-31-23-13-12-22(21-7-6-16-28-24(21)23)29-25(30)26(14-4-3-5-15-26)19-8-10-20(27)11-9-19/h6-13,16,18H,3-5,14-15,17H2,1-2H3,(H,29,30). The zero-order chi connectivity index (χ0) is 21.8. The molecular weight excluding hydrogens is 391 g/mol. The van der Waals surface area contributed by atoms with Crippen molar-refractivity contribution in [3.05, 3.63) is 66.1 Å². The number of pyridine rings is 1. The molecule has 1 aromatic heterocycles. The number of nitrogens with zero attached hydrogens (tertiary/aromatic N) is 1.